The molecule has 0 amide bonds. The number of halogens is 3. The van der Waals surface area contributed by atoms with Crippen LogP contribution in [0.1, 0.15) is 31.9 Å². The van der Waals surface area contributed by atoms with Crippen LogP contribution in [0.15, 0.2) is 24.3 Å². The van der Waals surface area contributed by atoms with Gasteiger partial charge in [-0.1, -0.05) is 26.0 Å². The molecule has 1 atom stereocenters. The lowest BCUT2D eigenvalue weighted by molar-refractivity contribution is -0.154. The van der Waals surface area contributed by atoms with Crippen molar-refractivity contribution in [1.29, 1.82) is 0 Å². The van der Waals surface area contributed by atoms with E-state index in [1.807, 2.05) is 13.8 Å². The van der Waals surface area contributed by atoms with Gasteiger partial charge in [-0.2, -0.15) is 13.2 Å². The number of hydrogen-bond acceptors (Lipinski definition) is 2. The number of ether oxygens (including phenoxy) is 1. The summed E-state index contributed by atoms with van der Waals surface area (Å²) in [4.78, 5) is 0. The Morgan fingerprint density at radius 2 is 1.72 bits per heavy atom. The van der Waals surface area contributed by atoms with E-state index in [0.717, 1.165) is 0 Å². The molecule has 1 rings (SSSR count). The average molecular weight is 262 g/mol. The monoisotopic (exact) mass is 262 g/mol. The molecule has 0 bridgehead atoms. The molecule has 1 aromatic rings. The van der Waals surface area contributed by atoms with Crippen molar-refractivity contribution in [1.82, 2.24) is 0 Å². The van der Waals surface area contributed by atoms with Crippen molar-refractivity contribution >= 4 is 0 Å². The van der Waals surface area contributed by atoms with Crippen LogP contribution in [0.4, 0.5) is 13.2 Å². The maximum Gasteiger partial charge on any atom is 0.391 e. The zero-order valence-electron chi connectivity index (χ0n) is 10.4. The highest BCUT2D eigenvalue weighted by Crippen LogP contribution is 2.30. The van der Waals surface area contributed by atoms with Gasteiger partial charge >= 0.3 is 6.18 Å². The fraction of sp³-hybridized carbons (Fsp3) is 0.538. The van der Waals surface area contributed by atoms with E-state index >= 15 is 0 Å². The van der Waals surface area contributed by atoms with Gasteiger partial charge in [0.2, 0.25) is 0 Å². The highest BCUT2D eigenvalue weighted by molar-refractivity contribution is 5.28. The Kier molecular flexibility index (Phi) is 5.02. The molecule has 0 fully saturated rings. The fourth-order valence-corrected chi connectivity index (χ4v) is 1.39. The number of aliphatic hydroxyl groups excluding tert-OH is 1. The van der Waals surface area contributed by atoms with E-state index in [0.29, 0.717) is 18.3 Å². The largest absolute Gasteiger partial charge is 0.493 e. The molecule has 1 unspecified atom stereocenters. The van der Waals surface area contributed by atoms with Gasteiger partial charge in [0.05, 0.1) is 19.1 Å². The van der Waals surface area contributed by atoms with Crippen molar-refractivity contribution in [2.75, 3.05) is 6.61 Å². The second-order valence-electron chi connectivity index (χ2n) is 4.61. The van der Waals surface area contributed by atoms with Gasteiger partial charge in [-0.3, -0.25) is 0 Å². The lowest BCUT2D eigenvalue weighted by Crippen LogP contribution is -2.13. The molecule has 0 aliphatic rings. The van der Waals surface area contributed by atoms with E-state index in [9.17, 15) is 18.3 Å². The third-order valence-electron chi connectivity index (χ3n) is 2.27. The van der Waals surface area contributed by atoms with E-state index < -0.39 is 18.7 Å². The molecule has 1 N–H and O–H groups in total. The van der Waals surface area contributed by atoms with E-state index in [-0.39, 0.29) is 5.56 Å². The minimum atomic E-state index is -4.37. The van der Waals surface area contributed by atoms with Crippen LogP contribution < -0.4 is 4.74 Å². The standard InChI is InChI=1S/C13H17F3O2/c1-9(2)8-18-11-5-3-10(4-6-11)12(17)7-13(14,15)16/h3-6,9,12,17H,7-8H2,1-2H3. The van der Waals surface area contributed by atoms with E-state index in [2.05, 4.69) is 0 Å². The lowest BCUT2D eigenvalue weighted by atomic mass is 10.1. The van der Waals surface area contributed by atoms with Crippen molar-refractivity contribution in [2.24, 2.45) is 5.92 Å². The zero-order valence-corrected chi connectivity index (χ0v) is 10.4. The Bertz CT molecular complexity index is 357. The molecule has 102 valence electrons. The SMILES string of the molecule is CC(C)COc1ccc(C(O)CC(F)(F)F)cc1. The van der Waals surface area contributed by atoms with Gasteiger partial charge in [0, 0.05) is 0 Å². The van der Waals surface area contributed by atoms with Gasteiger partial charge in [0.15, 0.2) is 0 Å². The smallest absolute Gasteiger partial charge is 0.391 e. The quantitative estimate of drug-likeness (QED) is 0.876. The van der Waals surface area contributed by atoms with Crippen LogP contribution in [0.3, 0.4) is 0 Å². The fourth-order valence-electron chi connectivity index (χ4n) is 1.39. The third-order valence-corrected chi connectivity index (χ3v) is 2.27. The van der Waals surface area contributed by atoms with Gasteiger partial charge in [-0.25, -0.2) is 0 Å². The summed E-state index contributed by atoms with van der Waals surface area (Å²) in [6.45, 7) is 4.55. The number of hydrogen-bond donors (Lipinski definition) is 1. The highest BCUT2D eigenvalue weighted by Gasteiger charge is 2.31. The summed E-state index contributed by atoms with van der Waals surface area (Å²) in [5.74, 6) is 0.965. The molecule has 0 aliphatic carbocycles. The maximum atomic E-state index is 12.1. The molecule has 0 aromatic heterocycles. The van der Waals surface area contributed by atoms with Gasteiger partial charge in [0.1, 0.15) is 5.75 Å². The zero-order chi connectivity index (χ0) is 13.8. The minimum absolute atomic E-state index is 0.240. The lowest BCUT2D eigenvalue weighted by Gasteiger charge is -2.14. The van der Waals surface area contributed by atoms with Crippen LogP contribution in [0.25, 0.3) is 0 Å². The topological polar surface area (TPSA) is 29.5 Å². The van der Waals surface area contributed by atoms with Crippen molar-refractivity contribution in [3.05, 3.63) is 29.8 Å². The van der Waals surface area contributed by atoms with Crippen LogP contribution in [-0.2, 0) is 0 Å². The molecular weight excluding hydrogens is 245 g/mol. The Balaban J connectivity index is 2.59. The van der Waals surface area contributed by atoms with Crippen LogP contribution in [0, 0.1) is 5.92 Å². The van der Waals surface area contributed by atoms with Gasteiger partial charge < -0.3 is 9.84 Å². The second-order valence-corrected chi connectivity index (χ2v) is 4.61. The molecule has 18 heavy (non-hydrogen) atoms. The number of benzene rings is 1. The second kappa shape index (κ2) is 6.09. The molecule has 5 heteroatoms. The van der Waals surface area contributed by atoms with E-state index in [1.165, 1.54) is 12.1 Å². The van der Waals surface area contributed by atoms with Crippen molar-refractivity contribution in [2.45, 2.75) is 32.5 Å². The molecular formula is C13H17F3O2. The summed E-state index contributed by atoms with van der Waals surface area (Å²) < 4.78 is 41.7. The van der Waals surface area contributed by atoms with E-state index in [4.69, 9.17) is 4.74 Å². The average Bonchev–Trinajstić information content (AvgIpc) is 2.24. The molecule has 0 spiro atoms. The van der Waals surface area contributed by atoms with Gasteiger partial charge in [-0.15, -0.1) is 0 Å². The number of alkyl halides is 3. The molecule has 0 saturated carbocycles. The summed E-state index contributed by atoms with van der Waals surface area (Å²) in [6, 6.07) is 6.03. The first-order chi connectivity index (χ1) is 8.28. The van der Waals surface area contributed by atoms with Crippen molar-refractivity contribution < 1.29 is 23.0 Å². The molecule has 0 saturated heterocycles. The number of aliphatic hydroxyl groups is 1. The predicted octanol–water partition coefficient (Wildman–Crippen LogP) is 3.71. The van der Waals surface area contributed by atoms with Crippen LogP contribution >= 0.6 is 0 Å². The molecule has 2 nitrogen and oxygen atoms in total. The summed E-state index contributed by atoms with van der Waals surface area (Å²) in [5.41, 5.74) is 0.240. The van der Waals surface area contributed by atoms with Crippen LogP contribution in [-0.4, -0.2) is 17.9 Å². The van der Waals surface area contributed by atoms with Gasteiger partial charge in [0.25, 0.3) is 0 Å². The number of rotatable bonds is 5. The van der Waals surface area contributed by atoms with Crippen LogP contribution in [0.2, 0.25) is 0 Å². The van der Waals surface area contributed by atoms with Gasteiger partial charge in [-0.05, 0) is 23.6 Å². The first kappa shape index (κ1) is 14.8. The first-order valence-corrected chi connectivity index (χ1v) is 5.75. The van der Waals surface area contributed by atoms with Crippen molar-refractivity contribution in [3.8, 4) is 5.75 Å². The summed E-state index contributed by atoms with van der Waals surface area (Å²) in [6.07, 6.45) is -7.13. The van der Waals surface area contributed by atoms with Crippen molar-refractivity contribution in [3.63, 3.8) is 0 Å². The Hall–Kier alpha value is -1.23. The predicted molar refractivity (Wildman–Crippen MR) is 62.4 cm³/mol. The molecule has 0 heterocycles. The summed E-state index contributed by atoms with van der Waals surface area (Å²) in [7, 11) is 0. The van der Waals surface area contributed by atoms with Crippen LogP contribution in [0.5, 0.6) is 5.75 Å². The highest BCUT2D eigenvalue weighted by atomic mass is 19.4. The Labute approximate surface area is 104 Å². The Morgan fingerprint density at radius 3 is 2.17 bits per heavy atom. The molecule has 0 aliphatic heterocycles. The normalized spacial score (nSPS) is 13.7. The molecule has 1 aromatic carbocycles. The maximum absolute atomic E-state index is 12.1. The summed E-state index contributed by atoms with van der Waals surface area (Å²) >= 11 is 0. The summed E-state index contributed by atoms with van der Waals surface area (Å²) in [5, 5.41) is 9.40. The first-order valence-electron chi connectivity index (χ1n) is 5.75. The van der Waals surface area contributed by atoms with E-state index in [1.54, 1.807) is 12.1 Å². The Morgan fingerprint density at radius 1 is 1.17 bits per heavy atom. The minimum Gasteiger partial charge on any atom is -0.493 e. The third kappa shape index (κ3) is 5.40. The molecule has 0 radical (unpaired) electrons.